The van der Waals surface area contributed by atoms with Gasteiger partial charge in [0.2, 0.25) is 0 Å². The van der Waals surface area contributed by atoms with Gasteiger partial charge in [-0.1, -0.05) is 36.4 Å². The summed E-state index contributed by atoms with van der Waals surface area (Å²) in [5, 5.41) is 4.12. The van der Waals surface area contributed by atoms with Crippen molar-refractivity contribution < 1.29 is 4.74 Å². The molecule has 2 aromatic carbocycles. The molecule has 2 aromatic rings. The third kappa shape index (κ3) is 4.17. The molecule has 0 unspecified atom stereocenters. The van der Waals surface area contributed by atoms with Gasteiger partial charge in [0.05, 0.1) is 7.11 Å². The van der Waals surface area contributed by atoms with Gasteiger partial charge in [-0.15, -0.1) is 0 Å². The van der Waals surface area contributed by atoms with E-state index in [1.165, 1.54) is 15.4 Å². The molecule has 0 fully saturated rings. The molecule has 0 atom stereocenters. The van der Waals surface area contributed by atoms with Crippen LogP contribution >= 0.6 is 23.4 Å². The molecule has 0 aromatic heterocycles. The number of ether oxygens (including phenoxy) is 1. The van der Waals surface area contributed by atoms with Crippen molar-refractivity contribution in [2.45, 2.75) is 23.3 Å². The molecule has 0 amide bonds. The van der Waals surface area contributed by atoms with Gasteiger partial charge < -0.3 is 10.1 Å². The topological polar surface area (TPSA) is 21.3 Å². The summed E-state index contributed by atoms with van der Waals surface area (Å²) >= 11 is 7.83. The van der Waals surface area contributed by atoms with E-state index in [1.807, 2.05) is 24.3 Å². The van der Waals surface area contributed by atoms with Gasteiger partial charge >= 0.3 is 0 Å². The van der Waals surface area contributed by atoms with E-state index in [0.717, 1.165) is 23.9 Å². The van der Waals surface area contributed by atoms with E-state index in [9.17, 15) is 0 Å². The average molecular weight is 308 g/mol. The van der Waals surface area contributed by atoms with Crippen LogP contribution in [0.15, 0.2) is 52.3 Å². The fraction of sp³-hybridized carbons (Fsp3) is 0.250. The number of nitrogens with one attached hydrogen (secondary N) is 1. The second-order valence-corrected chi connectivity index (χ2v) is 5.86. The molecule has 1 N–H and O–H groups in total. The Kier molecular flexibility index (Phi) is 5.77. The Balaban J connectivity index is 2.19. The first kappa shape index (κ1) is 15.2. The predicted molar refractivity (Wildman–Crippen MR) is 85.9 cm³/mol. The molecule has 0 spiro atoms. The highest BCUT2D eigenvalue weighted by Crippen LogP contribution is 2.33. The highest BCUT2D eigenvalue weighted by Gasteiger charge is 2.06. The van der Waals surface area contributed by atoms with Crippen molar-refractivity contribution >= 4 is 23.4 Å². The van der Waals surface area contributed by atoms with E-state index >= 15 is 0 Å². The molecule has 0 bridgehead atoms. The predicted octanol–water partition coefficient (Wildman–Crippen LogP) is 4.61. The number of benzene rings is 2. The van der Waals surface area contributed by atoms with Crippen LogP contribution in [-0.4, -0.2) is 13.7 Å². The Morgan fingerprint density at radius 3 is 2.55 bits per heavy atom. The van der Waals surface area contributed by atoms with E-state index in [-0.39, 0.29) is 0 Å². The molecule has 2 rings (SSSR count). The second-order valence-electron chi connectivity index (χ2n) is 4.31. The Hall–Kier alpha value is -1.16. The van der Waals surface area contributed by atoms with Crippen LogP contribution in [0.2, 0.25) is 5.02 Å². The van der Waals surface area contributed by atoms with E-state index in [4.69, 9.17) is 16.3 Å². The van der Waals surface area contributed by atoms with E-state index in [0.29, 0.717) is 0 Å². The van der Waals surface area contributed by atoms with Gasteiger partial charge in [0.25, 0.3) is 0 Å². The van der Waals surface area contributed by atoms with Gasteiger partial charge in [-0.05, 0) is 48.5 Å². The molecule has 4 heteroatoms. The van der Waals surface area contributed by atoms with Crippen molar-refractivity contribution in [3.63, 3.8) is 0 Å². The minimum absolute atomic E-state index is 0.765. The quantitative estimate of drug-likeness (QED) is 0.842. The Bertz CT molecular complexity index is 557. The summed E-state index contributed by atoms with van der Waals surface area (Å²) in [7, 11) is 1.67. The van der Waals surface area contributed by atoms with Crippen molar-refractivity contribution in [2.75, 3.05) is 13.7 Å². The summed E-state index contributed by atoms with van der Waals surface area (Å²) in [5.74, 6) is 0.869. The van der Waals surface area contributed by atoms with Crippen LogP contribution in [-0.2, 0) is 6.54 Å². The monoisotopic (exact) mass is 307 g/mol. The maximum Gasteiger partial charge on any atom is 0.118 e. The largest absolute Gasteiger partial charge is 0.497 e. The Morgan fingerprint density at radius 1 is 1.15 bits per heavy atom. The summed E-state index contributed by atoms with van der Waals surface area (Å²) in [6.07, 6.45) is 0. The van der Waals surface area contributed by atoms with Crippen LogP contribution in [0.25, 0.3) is 0 Å². The lowest BCUT2D eigenvalue weighted by Gasteiger charge is -2.10. The number of methoxy groups -OCH3 is 1. The number of hydrogen-bond donors (Lipinski definition) is 1. The second kappa shape index (κ2) is 7.58. The van der Waals surface area contributed by atoms with Crippen LogP contribution in [0.3, 0.4) is 0 Å². The van der Waals surface area contributed by atoms with Crippen LogP contribution in [0, 0.1) is 0 Å². The molecule has 0 aliphatic heterocycles. The molecule has 0 saturated carbocycles. The summed E-state index contributed by atoms with van der Waals surface area (Å²) in [6.45, 7) is 3.91. The lowest BCUT2D eigenvalue weighted by Crippen LogP contribution is -2.12. The van der Waals surface area contributed by atoms with Gasteiger partial charge in [0, 0.05) is 21.4 Å². The third-order valence-corrected chi connectivity index (χ3v) is 4.22. The van der Waals surface area contributed by atoms with Crippen LogP contribution < -0.4 is 10.1 Å². The van der Waals surface area contributed by atoms with Gasteiger partial charge in [-0.25, -0.2) is 0 Å². The first-order valence-corrected chi connectivity index (χ1v) is 7.73. The van der Waals surface area contributed by atoms with Gasteiger partial charge in [-0.2, -0.15) is 0 Å². The maximum atomic E-state index is 6.11. The van der Waals surface area contributed by atoms with Crippen LogP contribution in [0.1, 0.15) is 12.5 Å². The smallest absolute Gasteiger partial charge is 0.118 e. The molecule has 106 valence electrons. The molecule has 0 saturated heterocycles. The normalized spacial score (nSPS) is 10.6. The molecular formula is C16H18ClNOS. The standard InChI is InChI=1S/C16H18ClNOS/c1-3-18-11-12-4-5-13(17)10-16(12)20-15-8-6-14(19-2)7-9-15/h4-10,18H,3,11H2,1-2H3. The highest BCUT2D eigenvalue weighted by atomic mass is 35.5. The van der Waals surface area contributed by atoms with E-state index < -0.39 is 0 Å². The fourth-order valence-corrected chi connectivity index (χ4v) is 3.02. The molecule has 0 aliphatic carbocycles. The van der Waals surface area contributed by atoms with Crippen LogP contribution in [0.4, 0.5) is 0 Å². The number of halogens is 1. The van der Waals surface area contributed by atoms with Crippen molar-refractivity contribution in [1.82, 2.24) is 5.32 Å². The van der Waals surface area contributed by atoms with Crippen molar-refractivity contribution in [3.05, 3.63) is 53.1 Å². The Labute approximate surface area is 129 Å². The first-order chi connectivity index (χ1) is 9.72. The van der Waals surface area contributed by atoms with E-state index in [1.54, 1.807) is 18.9 Å². The van der Waals surface area contributed by atoms with Crippen LogP contribution in [0.5, 0.6) is 5.75 Å². The van der Waals surface area contributed by atoms with Crippen molar-refractivity contribution in [2.24, 2.45) is 0 Å². The minimum Gasteiger partial charge on any atom is -0.497 e. The zero-order chi connectivity index (χ0) is 14.4. The maximum absolute atomic E-state index is 6.11. The lowest BCUT2D eigenvalue weighted by molar-refractivity contribution is 0.414. The zero-order valence-electron chi connectivity index (χ0n) is 11.7. The van der Waals surface area contributed by atoms with Gasteiger partial charge in [0.1, 0.15) is 5.75 Å². The van der Waals surface area contributed by atoms with Gasteiger partial charge in [0.15, 0.2) is 0 Å². The number of hydrogen-bond acceptors (Lipinski definition) is 3. The lowest BCUT2D eigenvalue weighted by atomic mass is 10.2. The zero-order valence-corrected chi connectivity index (χ0v) is 13.2. The first-order valence-electron chi connectivity index (χ1n) is 6.54. The molecular weight excluding hydrogens is 290 g/mol. The summed E-state index contributed by atoms with van der Waals surface area (Å²) < 4.78 is 5.17. The Morgan fingerprint density at radius 2 is 1.90 bits per heavy atom. The average Bonchev–Trinajstić information content (AvgIpc) is 2.47. The fourth-order valence-electron chi connectivity index (χ4n) is 1.80. The van der Waals surface area contributed by atoms with Crippen molar-refractivity contribution in [1.29, 1.82) is 0 Å². The van der Waals surface area contributed by atoms with Gasteiger partial charge in [-0.3, -0.25) is 0 Å². The number of rotatable bonds is 6. The molecule has 2 nitrogen and oxygen atoms in total. The summed E-state index contributed by atoms with van der Waals surface area (Å²) in [6, 6.07) is 14.1. The third-order valence-electron chi connectivity index (χ3n) is 2.88. The SMILES string of the molecule is CCNCc1ccc(Cl)cc1Sc1ccc(OC)cc1. The molecule has 20 heavy (non-hydrogen) atoms. The summed E-state index contributed by atoms with van der Waals surface area (Å²) in [5.41, 5.74) is 1.26. The molecule has 0 aliphatic rings. The molecule has 0 radical (unpaired) electrons. The minimum atomic E-state index is 0.765. The van der Waals surface area contributed by atoms with Crippen molar-refractivity contribution in [3.8, 4) is 5.75 Å². The molecule has 0 heterocycles. The summed E-state index contributed by atoms with van der Waals surface area (Å²) in [4.78, 5) is 2.36. The van der Waals surface area contributed by atoms with E-state index in [2.05, 4.69) is 30.4 Å². The highest BCUT2D eigenvalue weighted by molar-refractivity contribution is 7.99.